The van der Waals surface area contributed by atoms with Gasteiger partial charge in [0.1, 0.15) is 0 Å². The maximum Gasteiger partial charge on any atom is 0.0207 e. The third-order valence-electron chi connectivity index (χ3n) is 3.61. The van der Waals surface area contributed by atoms with Crippen LogP contribution in [0.15, 0.2) is 28.7 Å². The second kappa shape index (κ2) is 8.33. The van der Waals surface area contributed by atoms with Gasteiger partial charge in [-0.25, -0.2) is 0 Å². The molecule has 0 radical (unpaired) electrons. The van der Waals surface area contributed by atoms with Gasteiger partial charge in [-0.1, -0.05) is 41.1 Å². The Morgan fingerprint density at radius 3 is 2.84 bits per heavy atom. The molecule has 2 rings (SSSR count). The summed E-state index contributed by atoms with van der Waals surface area (Å²) in [6.07, 6.45) is 5.27. The minimum absolute atomic E-state index is 0.762. The summed E-state index contributed by atoms with van der Waals surface area (Å²) < 4.78 is 1.26. The average molecular weight is 342 g/mol. The van der Waals surface area contributed by atoms with Crippen molar-refractivity contribution in [3.05, 3.63) is 34.3 Å². The maximum atomic E-state index is 3.70. The molecule has 0 heterocycles. The Bertz CT molecular complexity index is 379. The van der Waals surface area contributed by atoms with E-state index in [1.807, 2.05) is 0 Å². The lowest BCUT2D eigenvalue weighted by molar-refractivity contribution is 0.461. The first-order valence-electron chi connectivity index (χ1n) is 7.34. The van der Waals surface area contributed by atoms with Gasteiger partial charge in [0.25, 0.3) is 0 Å². The Morgan fingerprint density at radius 1 is 1.37 bits per heavy atom. The number of thioether (sulfide) groups is 1. The molecule has 0 aromatic heterocycles. The van der Waals surface area contributed by atoms with E-state index in [1.54, 1.807) is 0 Å². The van der Waals surface area contributed by atoms with E-state index in [-0.39, 0.29) is 0 Å². The van der Waals surface area contributed by atoms with E-state index in [2.05, 4.69) is 64.2 Å². The summed E-state index contributed by atoms with van der Waals surface area (Å²) in [6.45, 7) is 3.42. The predicted molar refractivity (Wildman–Crippen MR) is 90.0 cm³/mol. The summed E-state index contributed by atoms with van der Waals surface area (Å²) >= 11 is 5.73. The van der Waals surface area contributed by atoms with Crippen molar-refractivity contribution in [2.45, 2.75) is 38.6 Å². The highest BCUT2D eigenvalue weighted by atomic mass is 79.9. The number of benzene rings is 1. The number of hydrogen-bond donors (Lipinski definition) is 1. The van der Waals surface area contributed by atoms with E-state index in [9.17, 15) is 0 Å². The quantitative estimate of drug-likeness (QED) is 0.663. The molecular weight excluding hydrogens is 318 g/mol. The second-order valence-electron chi connectivity index (χ2n) is 5.33. The van der Waals surface area contributed by atoms with Crippen molar-refractivity contribution < 1.29 is 0 Å². The first kappa shape index (κ1) is 15.4. The van der Waals surface area contributed by atoms with Crippen molar-refractivity contribution in [3.63, 3.8) is 0 Å². The molecule has 1 N–H and O–H groups in total. The van der Waals surface area contributed by atoms with Crippen LogP contribution >= 0.6 is 27.7 Å². The molecule has 1 aromatic rings. The SMILES string of the molecule is CCSCCC(CNC1CC1)Cc1ccccc1Br. The van der Waals surface area contributed by atoms with E-state index in [1.165, 1.54) is 53.8 Å². The Morgan fingerprint density at radius 2 is 2.16 bits per heavy atom. The highest BCUT2D eigenvalue weighted by Gasteiger charge is 2.22. The van der Waals surface area contributed by atoms with Crippen molar-refractivity contribution in [1.82, 2.24) is 5.32 Å². The molecule has 0 bridgehead atoms. The lowest BCUT2D eigenvalue weighted by Gasteiger charge is -2.18. The zero-order valence-electron chi connectivity index (χ0n) is 11.7. The summed E-state index contributed by atoms with van der Waals surface area (Å²) in [5.41, 5.74) is 1.45. The predicted octanol–water partition coefficient (Wildman–Crippen LogP) is 4.50. The second-order valence-corrected chi connectivity index (χ2v) is 7.58. The van der Waals surface area contributed by atoms with Crippen molar-refractivity contribution in [2.24, 2.45) is 5.92 Å². The summed E-state index contributed by atoms with van der Waals surface area (Å²) in [5.74, 6) is 3.29. The van der Waals surface area contributed by atoms with E-state index < -0.39 is 0 Å². The number of nitrogens with one attached hydrogen (secondary N) is 1. The molecule has 1 unspecified atom stereocenters. The van der Waals surface area contributed by atoms with Crippen LogP contribution in [0.1, 0.15) is 31.7 Å². The largest absolute Gasteiger partial charge is 0.314 e. The number of rotatable bonds is 9. The standard InChI is InChI=1S/C16H24BrNS/c1-2-19-10-9-13(12-18-15-7-8-15)11-14-5-3-4-6-16(14)17/h3-6,13,15,18H,2,7-12H2,1H3. The molecule has 0 saturated heterocycles. The topological polar surface area (TPSA) is 12.0 Å². The third kappa shape index (κ3) is 5.88. The minimum Gasteiger partial charge on any atom is -0.314 e. The van der Waals surface area contributed by atoms with Crippen molar-refractivity contribution in [3.8, 4) is 0 Å². The molecule has 0 spiro atoms. The zero-order valence-corrected chi connectivity index (χ0v) is 14.1. The van der Waals surface area contributed by atoms with Gasteiger partial charge in [0.2, 0.25) is 0 Å². The summed E-state index contributed by atoms with van der Waals surface area (Å²) in [4.78, 5) is 0. The molecular formula is C16H24BrNS. The molecule has 1 aliphatic carbocycles. The molecule has 106 valence electrons. The van der Waals surface area contributed by atoms with Gasteiger partial charge in [-0.3, -0.25) is 0 Å². The van der Waals surface area contributed by atoms with Crippen LogP contribution in [-0.2, 0) is 6.42 Å². The van der Waals surface area contributed by atoms with Gasteiger partial charge < -0.3 is 5.32 Å². The Balaban J connectivity index is 1.85. The number of halogens is 1. The highest BCUT2D eigenvalue weighted by Crippen LogP contribution is 2.24. The lowest BCUT2D eigenvalue weighted by atomic mass is 9.97. The molecule has 1 saturated carbocycles. The molecule has 0 amide bonds. The maximum absolute atomic E-state index is 3.70. The number of hydrogen-bond acceptors (Lipinski definition) is 2. The molecule has 1 aromatic carbocycles. The first-order chi connectivity index (χ1) is 9.29. The van der Waals surface area contributed by atoms with Crippen LogP contribution in [0.4, 0.5) is 0 Å². The normalized spacial score (nSPS) is 16.5. The first-order valence-corrected chi connectivity index (χ1v) is 9.29. The molecule has 0 aliphatic heterocycles. The van der Waals surface area contributed by atoms with Crippen molar-refractivity contribution >= 4 is 27.7 Å². The van der Waals surface area contributed by atoms with Gasteiger partial charge in [-0.05, 0) is 61.3 Å². The summed E-state index contributed by atoms with van der Waals surface area (Å²) in [7, 11) is 0. The molecule has 1 fully saturated rings. The van der Waals surface area contributed by atoms with Gasteiger partial charge in [0.05, 0.1) is 0 Å². The highest BCUT2D eigenvalue weighted by molar-refractivity contribution is 9.10. The van der Waals surface area contributed by atoms with E-state index in [4.69, 9.17) is 0 Å². The monoisotopic (exact) mass is 341 g/mol. The fourth-order valence-electron chi connectivity index (χ4n) is 2.27. The molecule has 1 aliphatic rings. The Hall–Kier alpha value is 0.01000. The Labute approximate surface area is 130 Å². The fraction of sp³-hybridized carbons (Fsp3) is 0.625. The average Bonchev–Trinajstić information content (AvgIpc) is 3.22. The van der Waals surface area contributed by atoms with Gasteiger partial charge in [-0.2, -0.15) is 11.8 Å². The van der Waals surface area contributed by atoms with Gasteiger partial charge >= 0.3 is 0 Å². The van der Waals surface area contributed by atoms with Gasteiger partial charge in [0, 0.05) is 10.5 Å². The van der Waals surface area contributed by atoms with Crippen LogP contribution < -0.4 is 5.32 Å². The van der Waals surface area contributed by atoms with Crippen LogP contribution in [0.25, 0.3) is 0 Å². The molecule has 1 atom stereocenters. The summed E-state index contributed by atoms with van der Waals surface area (Å²) in [6, 6.07) is 9.47. The smallest absolute Gasteiger partial charge is 0.0207 e. The van der Waals surface area contributed by atoms with Crippen LogP contribution in [0.5, 0.6) is 0 Å². The van der Waals surface area contributed by atoms with Crippen LogP contribution in [0, 0.1) is 5.92 Å². The molecule has 1 nitrogen and oxygen atoms in total. The van der Waals surface area contributed by atoms with Gasteiger partial charge in [-0.15, -0.1) is 0 Å². The summed E-state index contributed by atoms with van der Waals surface area (Å²) in [5, 5.41) is 3.70. The van der Waals surface area contributed by atoms with Crippen LogP contribution in [-0.4, -0.2) is 24.1 Å². The van der Waals surface area contributed by atoms with Crippen LogP contribution in [0.3, 0.4) is 0 Å². The van der Waals surface area contributed by atoms with E-state index >= 15 is 0 Å². The fourth-order valence-corrected chi connectivity index (χ4v) is 3.50. The van der Waals surface area contributed by atoms with Crippen LogP contribution in [0.2, 0.25) is 0 Å². The van der Waals surface area contributed by atoms with Crippen molar-refractivity contribution in [1.29, 1.82) is 0 Å². The van der Waals surface area contributed by atoms with Gasteiger partial charge in [0.15, 0.2) is 0 Å². The molecule has 3 heteroatoms. The van der Waals surface area contributed by atoms with E-state index in [0.29, 0.717) is 0 Å². The third-order valence-corrected chi connectivity index (χ3v) is 5.32. The molecule has 19 heavy (non-hydrogen) atoms. The van der Waals surface area contributed by atoms with E-state index in [0.717, 1.165) is 12.0 Å². The lowest BCUT2D eigenvalue weighted by Crippen LogP contribution is -2.26. The Kier molecular flexibility index (Phi) is 6.75. The minimum atomic E-state index is 0.762. The zero-order chi connectivity index (χ0) is 13.5. The van der Waals surface area contributed by atoms with Crippen molar-refractivity contribution in [2.75, 3.05) is 18.1 Å².